The van der Waals surface area contributed by atoms with E-state index in [0.717, 1.165) is 12.0 Å². The van der Waals surface area contributed by atoms with Gasteiger partial charge >= 0.3 is 0 Å². The summed E-state index contributed by atoms with van der Waals surface area (Å²) in [4.78, 5) is 0.371. The van der Waals surface area contributed by atoms with Crippen molar-refractivity contribution in [2.24, 2.45) is 0 Å². The van der Waals surface area contributed by atoms with E-state index >= 15 is 0 Å². The Hall–Kier alpha value is -1.65. The van der Waals surface area contributed by atoms with Crippen LogP contribution in [0.3, 0.4) is 0 Å². The van der Waals surface area contributed by atoms with Crippen molar-refractivity contribution in [2.45, 2.75) is 17.4 Å². The average Bonchev–Trinajstić information content (AvgIpc) is 2.39. The molecule has 0 bridgehead atoms. The zero-order valence-electron chi connectivity index (χ0n) is 10.4. The standard InChI is InChI=1S/C15H15NO2S/c17-19(18,14-9-5-2-6-10-14)16-12-11-15(16)13-7-3-1-4-8-13/h1-10,15H,11-12H2/t15-/m1/s1. The summed E-state index contributed by atoms with van der Waals surface area (Å²) < 4.78 is 26.6. The monoisotopic (exact) mass is 273 g/mol. The molecule has 19 heavy (non-hydrogen) atoms. The molecule has 3 nitrogen and oxygen atoms in total. The predicted octanol–water partition coefficient (Wildman–Crippen LogP) is 2.82. The maximum Gasteiger partial charge on any atom is 0.243 e. The molecule has 3 rings (SSSR count). The van der Waals surface area contributed by atoms with Crippen molar-refractivity contribution in [2.75, 3.05) is 6.54 Å². The largest absolute Gasteiger partial charge is 0.243 e. The van der Waals surface area contributed by atoms with Crippen molar-refractivity contribution in [3.8, 4) is 0 Å². The van der Waals surface area contributed by atoms with Crippen LogP contribution in [0.1, 0.15) is 18.0 Å². The molecule has 2 aromatic carbocycles. The quantitative estimate of drug-likeness (QED) is 0.862. The van der Waals surface area contributed by atoms with Crippen molar-refractivity contribution in [3.05, 3.63) is 66.2 Å². The summed E-state index contributed by atoms with van der Waals surface area (Å²) in [6.07, 6.45) is 0.885. The van der Waals surface area contributed by atoms with Gasteiger partial charge < -0.3 is 0 Å². The topological polar surface area (TPSA) is 37.4 Å². The molecule has 0 spiro atoms. The molecule has 1 aliphatic rings. The molecule has 0 saturated carbocycles. The Morgan fingerprint density at radius 1 is 0.895 bits per heavy atom. The van der Waals surface area contributed by atoms with E-state index in [1.165, 1.54) is 0 Å². The molecule has 2 aromatic rings. The molecule has 1 fully saturated rings. The lowest BCUT2D eigenvalue weighted by Crippen LogP contribution is -2.44. The van der Waals surface area contributed by atoms with E-state index in [1.807, 2.05) is 36.4 Å². The van der Waals surface area contributed by atoms with Crippen LogP contribution in [0.25, 0.3) is 0 Å². The van der Waals surface area contributed by atoms with Gasteiger partial charge in [-0.1, -0.05) is 48.5 Å². The van der Waals surface area contributed by atoms with Crippen molar-refractivity contribution >= 4 is 10.0 Å². The Morgan fingerprint density at radius 3 is 2.00 bits per heavy atom. The SMILES string of the molecule is O=S(=O)(c1ccccc1)N1CC[C@@H]1c1ccccc1. The highest BCUT2D eigenvalue weighted by molar-refractivity contribution is 7.89. The maximum absolute atomic E-state index is 12.5. The van der Waals surface area contributed by atoms with Gasteiger partial charge in [-0.3, -0.25) is 0 Å². The van der Waals surface area contributed by atoms with Crippen LogP contribution in [0.15, 0.2) is 65.6 Å². The first-order valence-corrected chi connectivity index (χ1v) is 7.75. The second kappa shape index (κ2) is 4.79. The van der Waals surface area contributed by atoms with Crippen LogP contribution < -0.4 is 0 Å². The van der Waals surface area contributed by atoms with Crippen LogP contribution >= 0.6 is 0 Å². The van der Waals surface area contributed by atoms with E-state index in [1.54, 1.807) is 28.6 Å². The lowest BCUT2D eigenvalue weighted by atomic mass is 9.98. The minimum Gasteiger partial charge on any atom is -0.207 e. The van der Waals surface area contributed by atoms with Gasteiger partial charge in [-0.05, 0) is 24.1 Å². The summed E-state index contributed by atoms with van der Waals surface area (Å²) in [7, 11) is -3.37. The van der Waals surface area contributed by atoms with Gasteiger partial charge in [0.2, 0.25) is 10.0 Å². The fraction of sp³-hybridized carbons (Fsp3) is 0.200. The number of benzene rings is 2. The molecule has 1 saturated heterocycles. The second-order valence-electron chi connectivity index (χ2n) is 4.64. The average molecular weight is 273 g/mol. The van der Waals surface area contributed by atoms with Gasteiger partial charge in [-0.2, -0.15) is 4.31 Å². The van der Waals surface area contributed by atoms with E-state index < -0.39 is 10.0 Å². The zero-order valence-corrected chi connectivity index (χ0v) is 11.3. The molecule has 1 atom stereocenters. The normalized spacial score (nSPS) is 19.9. The van der Waals surface area contributed by atoms with Crippen LogP contribution in [0.4, 0.5) is 0 Å². The molecule has 0 radical (unpaired) electrons. The molecular formula is C15H15NO2S. The van der Waals surface area contributed by atoms with Gasteiger partial charge in [-0.25, -0.2) is 8.42 Å². The Bertz CT molecular complexity index is 653. The van der Waals surface area contributed by atoms with Crippen molar-refractivity contribution in [1.29, 1.82) is 0 Å². The number of hydrogen-bond donors (Lipinski definition) is 0. The number of rotatable bonds is 3. The van der Waals surface area contributed by atoms with Crippen molar-refractivity contribution in [3.63, 3.8) is 0 Å². The Labute approximate surface area is 113 Å². The number of nitrogens with zero attached hydrogens (tertiary/aromatic N) is 1. The van der Waals surface area contributed by atoms with Gasteiger partial charge in [0.05, 0.1) is 10.9 Å². The third-order valence-electron chi connectivity index (χ3n) is 3.50. The van der Waals surface area contributed by atoms with E-state index in [9.17, 15) is 8.42 Å². The summed E-state index contributed by atoms with van der Waals surface area (Å²) in [5.74, 6) is 0. The minimum atomic E-state index is -3.37. The van der Waals surface area contributed by atoms with E-state index in [2.05, 4.69) is 0 Å². The lowest BCUT2D eigenvalue weighted by Gasteiger charge is -2.39. The third-order valence-corrected chi connectivity index (χ3v) is 5.43. The highest BCUT2D eigenvalue weighted by atomic mass is 32.2. The molecule has 4 heteroatoms. The molecule has 1 heterocycles. The van der Waals surface area contributed by atoms with Crippen LogP contribution in [0.2, 0.25) is 0 Å². The van der Waals surface area contributed by atoms with Crippen LogP contribution in [0, 0.1) is 0 Å². The molecule has 0 amide bonds. The highest BCUT2D eigenvalue weighted by Gasteiger charge is 2.39. The van der Waals surface area contributed by atoms with Crippen molar-refractivity contribution < 1.29 is 8.42 Å². The zero-order chi connectivity index (χ0) is 13.3. The summed E-state index contributed by atoms with van der Waals surface area (Å²) in [6, 6.07) is 18.4. The molecule has 0 unspecified atom stereocenters. The molecule has 0 N–H and O–H groups in total. The summed E-state index contributed by atoms with van der Waals surface area (Å²) in [5, 5.41) is 0. The van der Waals surface area contributed by atoms with E-state index in [-0.39, 0.29) is 6.04 Å². The summed E-state index contributed by atoms with van der Waals surface area (Å²) in [5.41, 5.74) is 1.06. The first-order valence-electron chi connectivity index (χ1n) is 6.31. The first kappa shape index (κ1) is 12.4. The Balaban J connectivity index is 1.92. The van der Waals surface area contributed by atoms with Crippen LogP contribution in [-0.2, 0) is 10.0 Å². The Morgan fingerprint density at radius 2 is 1.47 bits per heavy atom. The van der Waals surface area contributed by atoms with Gasteiger partial charge in [0.15, 0.2) is 0 Å². The summed E-state index contributed by atoms with van der Waals surface area (Å²) >= 11 is 0. The first-order chi connectivity index (χ1) is 9.19. The van der Waals surface area contributed by atoms with Crippen LogP contribution in [0.5, 0.6) is 0 Å². The number of sulfonamides is 1. The van der Waals surface area contributed by atoms with Gasteiger partial charge in [0.25, 0.3) is 0 Å². The fourth-order valence-corrected chi connectivity index (χ4v) is 4.07. The maximum atomic E-state index is 12.5. The van der Waals surface area contributed by atoms with Gasteiger partial charge in [-0.15, -0.1) is 0 Å². The Kier molecular flexibility index (Phi) is 3.12. The predicted molar refractivity (Wildman–Crippen MR) is 74.1 cm³/mol. The smallest absolute Gasteiger partial charge is 0.207 e. The van der Waals surface area contributed by atoms with Gasteiger partial charge in [0, 0.05) is 6.54 Å². The lowest BCUT2D eigenvalue weighted by molar-refractivity contribution is 0.202. The number of hydrogen-bond acceptors (Lipinski definition) is 2. The highest BCUT2D eigenvalue weighted by Crippen LogP contribution is 2.37. The molecule has 0 aromatic heterocycles. The summed E-state index contributed by atoms with van der Waals surface area (Å²) in [6.45, 7) is 0.594. The van der Waals surface area contributed by atoms with E-state index in [4.69, 9.17) is 0 Å². The van der Waals surface area contributed by atoms with E-state index in [0.29, 0.717) is 11.4 Å². The third kappa shape index (κ3) is 2.17. The van der Waals surface area contributed by atoms with Crippen LogP contribution in [-0.4, -0.2) is 19.3 Å². The molecule has 98 valence electrons. The van der Waals surface area contributed by atoms with Crippen molar-refractivity contribution in [1.82, 2.24) is 4.31 Å². The minimum absolute atomic E-state index is 0.0218. The molecular weight excluding hydrogens is 258 g/mol. The fourth-order valence-electron chi connectivity index (χ4n) is 2.39. The molecule has 0 aliphatic carbocycles. The van der Waals surface area contributed by atoms with Gasteiger partial charge in [0.1, 0.15) is 0 Å². The molecule has 1 aliphatic heterocycles. The second-order valence-corrected chi connectivity index (χ2v) is 6.53.